The van der Waals surface area contributed by atoms with Crippen LogP contribution in [0.5, 0.6) is 5.75 Å². The van der Waals surface area contributed by atoms with Crippen LogP contribution in [0.3, 0.4) is 0 Å². The van der Waals surface area contributed by atoms with Gasteiger partial charge in [0.25, 0.3) is 5.91 Å². The summed E-state index contributed by atoms with van der Waals surface area (Å²) < 4.78 is 23.5. The molecule has 2 aromatic heterocycles. The normalized spacial score (nSPS) is 11.8. The Morgan fingerprint density at radius 3 is 2.85 bits per heavy atom. The minimum atomic E-state index is -0.349. The van der Waals surface area contributed by atoms with E-state index in [1.807, 2.05) is 6.92 Å². The van der Waals surface area contributed by atoms with Gasteiger partial charge in [0.1, 0.15) is 17.8 Å². The first-order valence-corrected chi connectivity index (χ1v) is 7.98. The van der Waals surface area contributed by atoms with Crippen molar-refractivity contribution in [3.05, 3.63) is 72.2 Å². The fourth-order valence-corrected chi connectivity index (χ4v) is 2.26. The van der Waals surface area contributed by atoms with E-state index in [9.17, 15) is 9.18 Å². The molecule has 1 atom stereocenters. The van der Waals surface area contributed by atoms with Crippen molar-refractivity contribution in [1.29, 1.82) is 0 Å². The van der Waals surface area contributed by atoms with Gasteiger partial charge in [-0.2, -0.15) is 0 Å². The Balaban J connectivity index is 1.51. The number of halogens is 1. The standard InChI is InChI=1S/C18H17FN4O3/c1-12(8-14-9-20-6-7-21-14)22-18(24)16-10-26-17(23-16)11-25-15-4-2-13(19)3-5-15/h2-7,9-10,12H,8,11H2,1H3,(H,22,24). The lowest BCUT2D eigenvalue weighted by molar-refractivity contribution is 0.0935. The maximum Gasteiger partial charge on any atom is 0.273 e. The van der Waals surface area contributed by atoms with Crippen LogP contribution in [0.15, 0.2) is 53.5 Å². The van der Waals surface area contributed by atoms with Crippen LogP contribution < -0.4 is 10.1 Å². The molecule has 1 amide bonds. The number of oxazole rings is 1. The molecule has 1 aromatic carbocycles. The summed E-state index contributed by atoms with van der Waals surface area (Å²) in [5.41, 5.74) is 0.947. The summed E-state index contributed by atoms with van der Waals surface area (Å²) in [6, 6.07) is 5.44. The molecule has 3 aromatic rings. The minimum Gasteiger partial charge on any atom is -0.484 e. The zero-order valence-corrected chi connectivity index (χ0v) is 14.1. The van der Waals surface area contributed by atoms with E-state index in [2.05, 4.69) is 20.3 Å². The Labute approximate surface area is 149 Å². The van der Waals surface area contributed by atoms with Crippen molar-refractivity contribution in [2.75, 3.05) is 0 Å². The third-order valence-corrected chi connectivity index (χ3v) is 3.47. The number of hydrogen-bond acceptors (Lipinski definition) is 6. The summed E-state index contributed by atoms with van der Waals surface area (Å²) in [5.74, 6) is 0.0375. The number of nitrogens with zero attached hydrogens (tertiary/aromatic N) is 3. The summed E-state index contributed by atoms with van der Waals surface area (Å²) in [4.78, 5) is 24.5. The van der Waals surface area contributed by atoms with Crippen molar-refractivity contribution in [3.63, 3.8) is 0 Å². The molecule has 134 valence electrons. The predicted molar refractivity (Wildman–Crippen MR) is 89.9 cm³/mol. The predicted octanol–water partition coefficient (Wildman–Crippen LogP) is 2.54. The van der Waals surface area contributed by atoms with Gasteiger partial charge in [-0.1, -0.05) is 0 Å². The van der Waals surface area contributed by atoms with Crippen molar-refractivity contribution in [2.45, 2.75) is 26.0 Å². The lowest BCUT2D eigenvalue weighted by Gasteiger charge is -2.11. The van der Waals surface area contributed by atoms with Crippen LogP contribution in [-0.2, 0) is 13.0 Å². The average Bonchev–Trinajstić information content (AvgIpc) is 3.11. The third-order valence-electron chi connectivity index (χ3n) is 3.47. The minimum absolute atomic E-state index is 0.0358. The maximum absolute atomic E-state index is 12.8. The molecule has 1 unspecified atom stereocenters. The first-order valence-electron chi connectivity index (χ1n) is 7.98. The molecule has 0 fully saturated rings. The molecule has 0 aliphatic carbocycles. The van der Waals surface area contributed by atoms with Crippen LogP contribution >= 0.6 is 0 Å². The smallest absolute Gasteiger partial charge is 0.273 e. The van der Waals surface area contributed by atoms with Gasteiger partial charge in [-0.3, -0.25) is 14.8 Å². The zero-order valence-electron chi connectivity index (χ0n) is 14.1. The summed E-state index contributed by atoms with van der Waals surface area (Å²) in [5, 5.41) is 2.83. The van der Waals surface area contributed by atoms with Crippen LogP contribution in [0.25, 0.3) is 0 Å². The van der Waals surface area contributed by atoms with E-state index in [0.29, 0.717) is 12.2 Å². The van der Waals surface area contributed by atoms with Crippen molar-refractivity contribution >= 4 is 5.91 Å². The Hall–Kier alpha value is -3.29. The molecule has 7 nitrogen and oxygen atoms in total. The molecule has 0 radical (unpaired) electrons. The number of ether oxygens (including phenoxy) is 1. The quantitative estimate of drug-likeness (QED) is 0.700. The van der Waals surface area contributed by atoms with Crippen molar-refractivity contribution in [1.82, 2.24) is 20.3 Å². The van der Waals surface area contributed by atoms with Gasteiger partial charge in [-0.05, 0) is 31.2 Å². The van der Waals surface area contributed by atoms with Gasteiger partial charge in [0, 0.05) is 31.1 Å². The van der Waals surface area contributed by atoms with Crippen LogP contribution in [0, 0.1) is 5.82 Å². The van der Waals surface area contributed by atoms with E-state index in [1.54, 1.807) is 18.6 Å². The lowest BCUT2D eigenvalue weighted by Crippen LogP contribution is -2.34. The van der Waals surface area contributed by atoms with E-state index in [1.165, 1.54) is 30.5 Å². The lowest BCUT2D eigenvalue weighted by atomic mass is 10.2. The average molecular weight is 356 g/mol. The molecule has 0 saturated heterocycles. The van der Waals surface area contributed by atoms with E-state index in [4.69, 9.17) is 9.15 Å². The van der Waals surface area contributed by atoms with E-state index < -0.39 is 0 Å². The molecule has 0 aliphatic heterocycles. The van der Waals surface area contributed by atoms with Crippen LogP contribution in [0.1, 0.15) is 29.0 Å². The van der Waals surface area contributed by atoms with Crippen LogP contribution in [0.4, 0.5) is 4.39 Å². The van der Waals surface area contributed by atoms with Crippen LogP contribution in [0.2, 0.25) is 0 Å². The molecular weight excluding hydrogens is 339 g/mol. The second-order valence-electron chi connectivity index (χ2n) is 5.64. The highest BCUT2D eigenvalue weighted by molar-refractivity contribution is 5.92. The Morgan fingerprint density at radius 2 is 2.12 bits per heavy atom. The maximum atomic E-state index is 12.8. The van der Waals surface area contributed by atoms with Gasteiger partial charge in [-0.25, -0.2) is 9.37 Å². The number of amides is 1. The van der Waals surface area contributed by atoms with Crippen molar-refractivity contribution in [2.24, 2.45) is 0 Å². The van der Waals surface area contributed by atoms with Crippen molar-refractivity contribution < 1.29 is 18.3 Å². The monoisotopic (exact) mass is 356 g/mol. The van der Waals surface area contributed by atoms with Gasteiger partial charge in [0.15, 0.2) is 12.3 Å². The topological polar surface area (TPSA) is 90.1 Å². The summed E-state index contributed by atoms with van der Waals surface area (Å²) in [7, 11) is 0. The molecule has 1 N–H and O–H groups in total. The molecule has 2 heterocycles. The molecule has 0 saturated carbocycles. The van der Waals surface area contributed by atoms with Crippen molar-refractivity contribution in [3.8, 4) is 5.75 Å². The first kappa shape index (κ1) is 17.5. The highest BCUT2D eigenvalue weighted by atomic mass is 19.1. The number of hydrogen-bond donors (Lipinski definition) is 1. The highest BCUT2D eigenvalue weighted by Crippen LogP contribution is 2.13. The Kier molecular flexibility index (Phi) is 5.52. The molecule has 0 bridgehead atoms. The summed E-state index contributed by atoms with van der Waals surface area (Å²) in [6.07, 6.45) is 6.68. The number of rotatable bonds is 7. The summed E-state index contributed by atoms with van der Waals surface area (Å²) >= 11 is 0. The fourth-order valence-electron chi connectivity index (χ4n) is 2.26. The second-order valence-corrected chi connectivity index (χ2v) is 5.64. The molecule has 0 aliphatic rings. The molecule has 26 heavy (non-hydrogen) atoms. The Bertz CT molecular complexity index is 852. The number of carbonyl (C=O) groups is 1. The van der Waals surface area contributed by atoms with E-state index >= 15 is 0 Å². The fraction of sp³-hybridized carbons (Fsp3) is 0.222. The third kappa shape index (κ3) is 4.85. The highest BCUT2D eigenvalue weighted by Gasteiger charge is 2.15. The SMILES string of the molecule is CC(Cc1cnccn1)NC(=O)c1coc(COc2ccc(F)cc2)n1. The molecule has 8 heteroatoms. The first-order chi connectivity index (χ1) is 12.6. The summed E-state index contributed by atoms with van der Waals surface area (Å²) in [6.45, 7) is 1.90. The van der Waals surface area contributed by atoms with E-state index in [0.717, 1.165) is 5.69 Å². The second kappa shape index (κ2) is 8.19. The number of carbonyl (C=O) groups excluding carboxylic acids is 1. The molecule has 3 rings (SSSR count). The van der Waals surface area contributed by atoms with Gasteiger partial charge < -0.3 is 14.5 Å². The zero-order chi connectivity index (χ0) is 18.4. The van der Waals surface area contributed by atoms with Gasteiger partial charge in [0.05, 0.1) is 5.69 Å². The van der Waals surface area contributed by atoms with Gasteiger partial charge >= 0.3 is 0 Å². The largest absolute Gasteiger partial charge is 0.484 e. The Morgan fingerprint density at radius 1 is 1.31 bits per heavy atom. The number of nitrogens with one attached hydrogen (secondary N) is 1. The van der Waals surface area contributed by atoms with Gasteiger partial charge in [-0.15, -0.1) is 0 Å². The number of benzene rings is 1. The molecule has 0 spiro atoms. The van der Waals surface area contributed by atoms with Gasteiger partial charge in [0.2, 0.25) is 5.89 Å². The van der Waals surface area contributed by atoms with Crippen LogP contribution in [-0.4, -0.2) is 26.9 Å². The molecular formula is C18H17FN4O3. The van der Waals surface area contributed by atoms with E-state index in [-0.39, 0.29) is 36.0 Å². The number of aromatic nitrogens is 3.